The van der Waals surface area contributed by atoms with Crippen molar-refractivity contribution >= 4 is 5.69 Å². The number of hydrogen-bond donors (Lipinski definition) is 1. The second kappa shape index (κ2) is 5.60. The number of nitrogens with zero attached hydrogens (tertiary/aromatic N) is 2. The lowest BCUT2D eigenvalue weighted by Crippen LogP contribution is -2.21. The van der Waals surface area contributed by atoms with Gasteiger partial charge in [-0.3, -0.25) is 0 Å². The van der Waals surface area contributed by atoms with E-state index < -0.39 is 0 Å². The Hall–Kier alpha value is -2.52. The molecule has 23 heavy (non-hydrogen) atoms. The molecule has 0 saturated heterocycles. The van der Waals surface area contributed by atoms with Gasteiger partial charge in [0.25, 0.3) is 0 Å². The second-order valence-corrected chi connectivity index (χ2v) is 6.23. The monoisotopic (exact) mass is 303 g/mol. The summed E-state index contributed by atoms with van der Waals surface area (Å²) in [5.74, 6) is 0. The van der Waals surface area contributed by atoms with Crippen LogP contribution in [0.2, 0.25) is 0 Å². The van der Waals surface area contributed by atoms with Crippen molar-refractivity contribution in [1.29, 1.82) is 0 Å². The zero-order chi connectivity index (χ0) is 15.8. The van der Waals surface area contributed by atoms with E-state index in [-0.39, 0.29) is 6.04 Å². The standard InChI is InChI=1S/C20H21N3/c1-22(2)17-11-9-15(10-12-17)20-19-8-5-13-23(19)18-7-4-3-6-16(18)14-21-20/h3-13,20-21H,14H2,1-2H3/t20-/m0/s1. The average molecular weight is 303 g/mol. The van der Waals surface area contributed by atoms with E-state index in [1.54, 1.807) is 0 Å². The second-order valence-electron chi connectivity index (χ2n) is 6.23. The van der Waals surface area contributed by atoms with Gasteiger partial charge in [0, 0.05) is 43.9 Å². The normalized spacial score (nSPS) is 16.3. The maximum absolute atomic E-state index is 3.71. The van der Waals surface area contributed by atoms with E-state index in [0.29, 0.717) is 0 Å². The number of nitrogens with one attached hydrogen (secondary N) is 1. The molecule has 2 aromatic carbocycles. The molecular formula is C20H21N3. The minimum atomic E-state index is 0.202. The van der Waals surface area contributed by atoms with Gasteiger partial charge in [0.15, 0.2) is 0 Å². The van der Waals surface area contributed by atoms with Gasteiger partial charge in [-0.2, -0.15) is 0 Å². The van der Waals surface area contributed by atoms with Crippen molar-refractivity contribution < 1.29 is 0 Å². The first-order valence-electron chi connectivity index (χ1n) is 8.00. The van der Waals surface area contributed by atoms with Gasteiger partial charge in [-0.25, -0.2) is 0 Å². The van der Waals surface area contributed by atoms with Crippen LogP contribution in [0.1, 0.15) is 22.9 Å². The van der Waals surface area contributed by atoms with Gasteiger partial charge in [-0.15, -0.1) is 0 Å². The molecular weight excluding hydrogens is 282 g/mol. The van der Waals surface area contributed by atoms with Gasteiger partial charge in [0.2, 0.25) is 0 Å². The van der Waals surface area contributed by atoms with Crippen molar-refractivity contribution in [2.45, 2.75) is 12.6 Å². The largest absolute Gasteiger partial charge is 0.378 e. The number of hydrogen-bond acceptors (Lipinski definition) is 2. The van der Waals surface area contributed by atoms with Gasteiger partial charge in [-0.1, -0.05) is 30.3 Å². The SMILES string of the molecule is CN(C)c1ccc([C@@H]2NCc3ccccc3-n3cccc32)cc1. The highest BCUT2D eigenvalue weighted by atomic mass is 15.1. The Labute approximate surface area is 137 Å². The van der Waals surface area contributed by atoms with Crippen molar-refractivity contribution in [1.82, 2.24) is 9.88 Å². The van der Waals surface area contributed by atoms with Crippen molar-refractivity contribution in [2.24, 2.45) is 0 Å². The fourth-order valence-corrected chi connectivity index (χ4v) is 3.31. The summed E-state index contributed by atoms with van der Waals surface area (Å²) in [5.41, 5.74) is 6.40. The molecule has 0 spiro atoms. The van der Waals surface area contributed by atoms with E-state index in [9.17, 15) is 0 Å². The third-order valence-electron chi connectivity index (χ3n) is 4.57. The molecule has 3 heteroatoms. The fourth-order valence-electron chi connectivity index (χ4n) is 3.31. The van der Waals surface area contributed by atoms with Crippen LogP contribution in [0.3, 0.4) is 0 Å². The predicted molar refractivity (Wildman–Crippen MR) is 95.2 cm³/mol. The van der Waals surface area contributed by atoms with Crippen molar-refractivity contribution in [3.05, 3.63) is 83.7 Å². The summed E-state index contributed by atoms with van der Waals surface area (Å²) in [7, 11) is 4.14. The summed E-state index contributed by atoms with van der Waals surface area (Å²) < 4.78 is 2.31. The topological polar surface area (TPSA) is 20.2 Å². The highest BCUT2D eigenvalue weighted by molar-refractivity contribution is 5.50. The molecule has 0 aliphatic carbocycles. The van der Waals surface area contributed by atoms with E-state index in [1.807, 2.05) is 0 Å². The molecule has 0 amide bonds. The van der Waals surface area contributed by atoms with E-state index in [4.69, 9.17) is 0 Å². The molecule has 1 aliphatic rings. The Kier molecular flexibility index (Phi) is 3.43. The van der Waals surface area contributed by atoms with Crippen molar-refractivity contribution in [2.75, 3.05) is 19.0 Å². The van der Waals surface area contributed by atoms with Gasteiger partial charge < -0.3 is 14.8 Å². The third kappa shape index (κ3) is 2.43. The Balaban J connectivity index is 1.77. The number of aromatic nitrogens is 1. The lowest BCUT2D eigenvalue weighted by molar-refractivity contribution is 0.601. The third-order valence-corrected chi connectivity index (χ3v) is 4.57. The molecule has 0 fully saturated rings. The van der Waals surface area contributed by atoms with Crippen molar-refractivity contribution in [3.63, 3.8) is 0 Å². The van der Waals surface area contributed by atoms with Crippen molar-refractivity contribution in [3.8, 4) is 5.69 Å². The summed E-state index contributed by atoms with van der Waals surface area (Å²) in [5, 5.41) is 3.71. The van der Waals surface area contributed by atoms with Crippen LogP contribution in [-0.2, 0) is 6.54 Å². The molecule has 1 atom stereocenters. The molecule has 1 N–H and O–H groups in total. The minimum absolute atomic E-state index is 0.202. The molecule has 0 radical (unpaired) electrons. The van der Waals surface area contributed by atoms with E-state index >= 15 is 0 Å². The smallest absolute Gasteiger partial charge is 0.0737 e. The number of anilines is 1. The molecule has 4 rings (SSSR count). The molecule has 0 unspecified atom stereocenters. The maximum atomic E-state index is 3.71. The number of fused-ring (bicyclic) bond motifs is 3. The Bertz CT molecular complexity index is 815. The van der Waals surface area contributed by atoms with Gasteiger partial charge in [0.05, 0.1) is 6.04 Å². The lowest BCUT2D eigenvalue weighted by atomic mass is 10.0. The van der Waals surface area contributed by atoms with Crippen LogP contribution in [0, 0.1) is 0 Å². The van der Waals surface area contributed by atoms with Crippen LogP contribution >= 0.6 is 0 Å². The van der Waals surface area contributed by atoms with E-state index in [0.717, 1.165) is 6.54 Å². The molecule has 0 bridgehead atoms. The Morgan fingerprint density at radius 3 is 2.52 bits per heavy atom. The summed E-state index contributed by atoms with van der Waals surface area (Å²) >= 11 is 0. The van der Waals surface area contributed by atoms with E-state index in [2.05, 4.69) is 95.7 Å². The van der Waals surface area contributed by atoms with Crippen LogP contribution < -0.4 is 10.2 Å². The molecule has 1 aliphatic heterocycles. The maximum Gasteiger partial charge on any atom is 0.0737 e. The quantitative estimate of drug-likeness (QED) is 0.778. The van der Waals surface area contributed by atoms with Gasteiger partial charge in [-0.05, 0) is 41.5 Å². The number of benzene rings is 2. The van der Waals surface area contributed by atoms with Crippen LogP contribution in [0.4, 0.5) is 5.69 Å². The van der Waals surface area contributed by atoms with Gasteiger partial charge in [0.1, 0.15) is 0 Å². The lowest BCUT2D eigenvalue weighted by Gasteiger charge is -2.19. The predicted octanol–water partition coefficient (Wildman–Crippen LogP) is 3.74. The molecule has 2 heterocycles. The van der Waals surface area contributed by atoms with Gasteiger partial charge >= 0.3 is 0 Å². The molecule has 116 valence electrons. The molecule has 1 aromatic heterocycles. The number of para-hydroxylation sites is 1. The first-order chi connectivity index (χ1) is 11.2. The summed E-state index contributed by atoms with van der Waals surface area (Å²) in [4.78, 5) is 2.13. The van der Waals surface area contributed by atoms with Crippen LogP contribution in [0.5, 0.6) is 0 Å². The Morgan fingerprint density at radius 2 is 1.74 bits per heavy atom. The highest BCUT2D eigenvalue weighted by Gasteiger charge is 2.22. The summed E-state index contributed by atoms with van der Waals surface area (Å²) in [6.07, 6.45) is 2.16. The van der Waals surface area contributed by atoms with Crippen LogP contribution in [-0.4, -0.2) is 18.7 Å². The molecule has 0 saturated carbocycles. The Morgan fingerprint density at radius 1 is 0.957 bits per heavy atom. The van der Waals surface area contributed by atoms with Crippen LogP contribution in [0.15, 0.2) is 66.9 Å². The van der Waals surface area contributed by atoms with E-state index in [1.165, 1.54) is 28.2 Å². The van der Waals surface area contributed by atoms with Crippen LogP contribution in [0.25, 0.3) is 5.69 Å². The fraction of sp³-hybridized carbons (Fsp3) is 0.200. The zero-order valence-electron chi connectivity index (χ0n) is 13.5. The molecule has 3 nitrogen and oxygen atoms in total. The first-order valence-corrected chi connectivity index (χ1v) is 8.00. The molecule has 3 aromatic rings. The average Bonchev–Trinajstić information content (AvgIpc) is 2.99. The number of rotatable bonds is 2. The summed E-state index contributed by atoms with van der Waals surface area (Å²) in [6.45, 7) is 0.873. The minimum Gasteiger partial charge on any atom is -0.378 e. The zero-order valence-corrected chi connectivity index (χ0v) is 13.5. The summed E-state index contributed by atoms with van der Waals surface area (Å²) in [6, 6.07) is 22.0. The highest BCUT2D eigenvalue weighted by Crippen LogP contribution is 2.31. The first kappa shape index (κ1) is 14.1.